The standard InChI is InChI=1S/C17H23NO/c1-12-6-8-13(9-7-12)17(19)16-10-14-4-2-3-5-15(14)11-18-16/h2-5,12-13,16,18H,6-11H2,1H3. The first-order valence-electron chi connectivity index (χ1n) is 7.58. The number of carbonyl (C=O) groups is 1. The zero-order valence-corrected chi connectivity index (χ0v) is 11.7. The number of hydrogen-bond donors (Lipinski definition) is 1. The van der Waals surface area contributed by atoms with E-state index in [9.17, 15) is 4.79 Å². The second-order valence-corrected chi connectivity index (χ2v) is 6.27. The van der Waals surface area contributed by atoms with Crippen molar-refractivity contribution in [3.63, 3.8) is 0 Å². The molecule has 102 valence electrons. The van der Waals surface area contributed by atoms with Gasteiger partial charge < -0.3 is 5.32 Å². The number of carbonyl (C=O) groups excluding carboxylic acids is 1. The molecule has 2 aliphatic rings. The van der Waals surface area contributed by atoms with Crippen molar-refractivity contribution < 1.29 is 4.79 Å². The van der Waals surface area contributed by atoms with Gasteiger partial charge in [-0.2, -0.15) is 0 Å². The number of fused-ring (bicyclic) bond motifs is 1. The molecular weight excluding hydrogens is 234 g/mol. The van der Waals surface area contributed by atoms with Gasteiger partial charge in [0, 0.05) is 12.5 Å². The van der Waals surface area contributed by atoms with Crippen molar-refractivity contribution in [2.75, 3.05) is 0 Å². The molecule has 1 aliphatic heterocycles. The summed E-state index contributed by atoms with van der Waals surface area (Å²) in [6.07, 6.45) is 5.51. The molecule has 1 heterocycles. The smallest absolute Gasteiger partial charge is 0.153 e. The van der Waals surface area contributed by atoms with Crippen LogP contribution in [0.3, 0.4) is 0 Å². The number of benzene rings is 1. The Morgan fingerprint density at radius 3 is 2.53 bits per heavy atom. The molecule has 0 spiro atoms. The molecule has 1 aliphatic carbocycles. The van der Waals surface area contributed by atoms with Crippen molar-refractivity contribution in [2.24, 2.45) is 11.8 Å². The van der Waals surface area contributed by atoms with Gasteiger partial charge in [-0.05, 0) is 36.3 Å². The lowest BCUT2D eigenvalue weighted by molar-refractivity contribution is -0.126. The highest BCUT2D eigenvalue weighted by molar-refractivity contribution is 5.87. The van der Waals surface area contributed by atoms with Crippen molar-refractivity contribution in [1.29, 1.82) is 0 Å². The Balaban J connectivity index is 1.66. The van der Waals surface area contributed by atoms with E-state index in [1.165, 1.54) is 24.0 Å². The molecule has 2 nitrogen and oxygen atoms in total. The van der Waals surface area contributed by atoms with Crippen molar-refractivity contribution in [2.45, 2.75) is 51.6 Å². The summed E-state index contributed by atoms with van der Waals surface area (Å²) >= 11 is 0. The molecule has 1 saturated carbocycles. The van der Waals surface area contributed by atoms with Gasteiger partial charge in [0.1, 0.15) is 0 Å². The summed E-state index contributed by atoms with van der Waals surface area (Å²) in [7, 11) is 0. The van der Waals surface area contributed by atoms with Gasteiger partial charge in [0.2, 0.25) is 0 Å². The van der Waals surface area contributed by atoms with Crippen LogP contribution >= 0.6 is 0 Å². The van der Waals surface area contributed by atoms with Crippen LogP contribution in [-0.4, -0.2) is 11.8 Å². The highest BCUT2D eigenvalue weighted by Crippen LogP contribution is 2.30. The number of Topliss-reactive ketones (excluding diaryl/α,β-unsaturated/α-hetero) is 1. The van der Waals surface area contributed by atoms with Crippen LogP contribution in [-0.2, 0) is 17.8 Å². The largest absolute Gasteiger partial charge is 0.303 e. The predicted molar refractivity (Wildman–Crippen MR) is 76.9 cm³/mol. The Bertz CT molecular complexity index is 460. The third kappa shape index (κ3) is 2.74. The Kier molecular flexibility index (Phi) is 3.69. The van der Waals surface area contributed by atoms with Crippen LogP contribution in [0.25, 0.3) is 0 Å². The van der Waals surface area contributed by atoms with Crippen LogP contribution < -0.4 is 5.32 Å². The summed E-state index contributed by atoms with van der Waals surface area (Å²) in [5.41, 5.74) is 2.70. The molecule has 0 saturated heterocycles. The molecule has 2 heteroatoms. The predicted octanol–water partition coefficient (Wildman–Crippen LogP) is 3.10. The van der Waals surface area contributed by atoms with E-state index >= 15 is 0 Å². The van der Waals surface area contributed by atoms with Gasteiger partial charge in [-0.25, -0.2) is 0 Å². The minimum atomic E-state index is 0.0494. The Labute approximate surface area is 115 Å². The fraction of sp³-hybridized carbons (Fsp3) is 0.588. The Morgan fingerprint density at radius 2 is 1.79 bits per heavy atom. The van der Waals surface area contributed by atoms with E-state index in [0.29, 0.717) is 11.7 Å². The monoisotopic (exact) mass is 257 g/mol. The van der Waals surface area contributed by atoms with Crippen molar-refractivity contribution >= 4 is 5.78 Å². The summed E-state index contributed by atoms with van der Waals surface area (Å²) in [4.78, 5) is 12.6. The molecule has 1 atom stereocenters. The molecule has 0 aromatic heterocycles. The highest BCUT2D eigenvalue weighted by atomic mass is 16.1. The molecule has 1 fully saturated rings. The topological polar surface area (TPSA) is 29.1 Å². The minimum absolute atomic E-state index is 0.0494. The van der Waals surface area contributed by atoms with Gasteiger partial charge in [-0.15, -0.1) is 0 Å². The summed E-state index contributed by atoms with van der Waals surface area (Å²) in [5.74, 6) is 1.57. The van der Waals surface area contributed by atoms with Gasteiger partial charge in [0.05, 0.1) is 6.04 Å². The fourth-order valence-corrected chi connectivity index (χ4v) is 3.48. The second kappa shape index (κ2) is 5.46. The summed E-state index contributed by atoms with van der Waals surface area (Å²) in [6, 6.07) is 8.53. The first-order valence-corrected chi connectivity index (χ1v) is 7.58. The van der Waals surface area contributed by atoms with Crippen LogP contribution in [0, 0.1) is 11.8 Å². The fourth-order valence-electron chi connectivity index (χ4n) is 3.48. The molecule has 0 radical (unpaired) electrons. The lowest BCUT2D eigenvalue weighted by atomic mass is 9.78. The summed E-state index contributed by atoms with van der Waals surface area (Å²) in [5, 5.41) is 3.43. The first-order chi connectivity index (χ1) is 9.24. The Hall–Kier alpha value is -1.15. The maximum atomic E-state index is 12.6. The van der Waals surface area contributed by atoms with Gasteiger partial charge in [-0.1, -0.05) is 44.0 Å². The van der Waals surface area contributed by atoms with E-state index in [1.54, 1.807) is 0 Å². The lowest BCUT2D eigenvalue weighted by Crippen LogP contribution is -2.45. The van der Waals surface area contributed by atoms with Crippen LogP contribution in [0.5, 0.6) is 0 Å². The molecule has 1 aromatic carbocycles. The van der Waals surface area contributed by atoms with Crippen LogP contribution in [0.1, 0.15) is 43.7 Å². The minimum Gasteiger partial charge on any atom is -0.303 e. The van der Waals surface area contributed by atoms with Crippen LogP contribution in [0.4, 0.5) is 0 Å². The molecule has 3 rings (SSSR count). The zero-order chi connectivity index (χ0) is 13.2. The molecule has 1 aromatic rings. The van der Waals surface area contributed by atoms with E-state index in [1.807, 2.05) is 0 Å². The number of nitrogens with one attached hydrogen (secondary N) is 1. The van der Waals surface area contributed by atoms with Crippen molar-refractivity contribution in [1.82, 2.24) is 5.32 Å². The second-order valence-electron chi connectivity index (χ2n) is 6.27. The summed E-state index contributed by atoms with van der Waals surface area (Å²) in [6.45, 7) is 3.14. The maximum Gasteiger partial charge on any atom is 0.153 e. The van der Waals surface area contributed by atoms with E-state index in [2.05, 4.69) is 36.5 Å². The van der Waals surface area contributed by atoms with E-state index in [4.69, 9.17) is 0 Å². The molecule has 1 N–H and O–H groups in total. The summed E-state index contributed by atoms with van der Waals surface area (Å²) < 4.78 is 0. The number of hydrogen-bond acceptors (Lipinski definition) is 2. The third-order valence-electron chi connectivity index (χ3n) is 4.84. The normalized spacial score (nSPS) is 30.7. The highest BCUT2D eigenvalue weighted by Gasteiger charge is 2.31. The lowest BCUT2D eigenvalue weighted by Gasteiger charge is -2.31. The first kappa shape index (κ1) is 12.9. The van der Waals surface area contributed by atoms with E-state index in [0.717, 1.165) is 31.7 Å². The van der Waals surface area contributed by atoms with E-state index < -0.39 is 0 Å². The Morgan fingerprint density at radius 1 is 1.11 bits per heavy atom. The van der Waals surface area contributed by atoms with Gasteiger partial charge in [0.25, 0.3) is 0 Å². The molecular formula is C17H23NO. The van der Waals surface area contributed by atoms with Crippen LogP contribution in [0.2, 0.25) is 0 Å². The SMILES string of the molecule is CC1CCC(C(=O)C2Cc3ccccc3CN2)CC1. The number of rotatable bonds is 2. The van der Waals surface area contributed by atoms with Gasteiger partial charge in [-0.3, -0.25) is 4.79 Å². The average Bonchev–Trinajstić information content (AvgIpc) is 2.47. The molecule has 1 unspecified atom stereocenters. The maximum absolute atomic E-state index is 12.6. The zero-order valence-electron chi connectivity index (χ0n) is 11.7. The number of ketones is 1. The van der Waals surface area contributed by atoms with Crippen LogP contribution in [0.15, 0.2) is 24.3 Å². The average molecular weight is 257 g/mol. The quantitative estimate of drug-likeness (QED) is 0.882. The molecule has 0 bridgehead atoms. The van der Waals surface area contributed by atoms with E-state index in [-0.39, 0.29) is 6.04 Å². The van der Waals surface area contributed by atoms with Gasteiger partial charge in [0.15, 0.2) is 5.78 Å². The molecule has 19 heavy (non-hydrogen) atoms. The van der Waals surface area contributed by atoms with Crippen molar-refractivity contribution in [3.05, 3.63) is 35.4 Å². The third-order valence-corrected chi connectivity index (χ3v) is 4.84. The molecule has 0 amide bonds. The van der Waals surface area contributed by atoms with Gasteiger partial charge >= 0.3 is 0 Å². The van der Waals surface area contributed by atoms with Crippen molar-refractivity contribution in [3.8, 4) is 0 Å².